The molecule has 0 bridgehead atoms. The van der Waals surface area contributed by atoms with Gasteiger partial charge < -0.3 is 4.90 Å². The molecule has 1 aromatic heterocycles. The molecule has 0 atom stereocenters. The van der Waals surface area contributed by atoms with E-state index in [0.717, 1.165) is 0 Å². The first-order valence-electron chi connectivity index (χ1n) is 6.29. The maximum absolute atomic E-state index is 11.2. The molecule has 0 aromatic carbocycles. The summed E-state index contributed by atoms with van der Waals surface area (Å²) in [5, 5.41) is 24.2. The topological polar surface area (TPSA) is 88.0 Å². The van der Waals surface area contributed by atoms with Gasteiger partial charge in [0.25, 0.3) is 0 Å². The van der Waals surface area contributed by atoms with E-state index >= 15 is 0 Å². The monoisotopic (exact) mass is 265 g/mol. The Morgan fingerprint density at radius 1 is 1.58 bits per heavy atom. The molecule has 0 saturated carbocycles. The summed E-state index contributed by atoms with van der Waals surface area (Å²) in [5.74, 6) is 0.496. The van der Waals surface area contributed by atoms with Crippen LogP contribution in [0.3, 0.4) is 0 Å². The first-order chi connectivity index (χ1) is 8.93. The molecular formula is C12H19N5O2. The van der Waals surface area contributed by atoms with Crippen molar-refractivity contribution in [1.29, 1.82) is 5.26 Å². The van der Waals surface area contributed by atoms with Crippen molar-refractivity contribution in [2.75, 3.05) is 18.0 Å². The third-order valence-corrected chi connectivity index (χ3v) is 2.88. The molecule has 0 aliphatic carbocycles. The van der Waals surface area contributed by atoms with E-state index in [4.69, 9.17) is 5.26 Å². The van der Waals surface area contributed by atoms with Gasteiger partial charge in [-0.05, 0) is 27.7 Å². The molecule has 19 heavy (non-hydrogen) atoms. The Balaban J connectivity index is 3.35. The number of nitro groups is 1. The summed E-state index contributed by atoms with van der Waals surface area (Å²) in [6.07, 6.45) is 0.327. The molecule has 1 rings (SSSR count). The second kappa shape index (κ2) is 6.18. The van der Waals surface area contributed by atoms with Crippen molar-refractivity contribution in [3.8, 4) is 6.07 Å². The summed E-state index contributed by atoms with van der Waals surface area (Å²) in [7, 11) is 0. The molecule has 0 radical (unpaired) electrons. The Morgan fingerprint density at radius 2 is 2.21 bits per heavy atom. The standard InChI is InChI=1S/C12H19N5O2/c1-5-15(8-6-7-13)12-11(17(18)19)10(4)14-16(12)9(2)3/h9H,5-6,8H2,1-4H3. The minimum atomic E-state index is -0.397. The Morgan fingerprint density at radius 3 is 2.63 bits per heavy atom. The van der Waals surface area contributed by atoms with Gasteiger partial charge in [0.2, 0.25) is 5.82 Å². The molecule has 7 heteroatoms. The molecule has 0 spiro atoms. The lowest BCUT2D eigenvalue weighted by atomic mass is 10.3. The highest BCUT2D eigenvalue weighted by molar-refractivity contribution is 5.61. The first-order valence-corrected chi connectivity index (χ1v) is 6.29. The maximum atomic E-state index is 11.2. The highest BCUT2D eigenvalue weighted by Crippen LogP contribution is 2.33. The second-order valence-electron chi connectivity index (χ2n) is 4.54. The minimum Gasteiger partial charge on any atom is -0.350 e. The van der Waals surface area contributed by atoms with Crippen molar-refractivity contribution in [2.24, 2.45) is 0 Å². The van der Waals surface area contributed by atoms with Gasteiger partial charge in [0, 0.05) is 19.1 Å². The SMILES string of the molecule is CCN(CCC#N)c1c([N+](=O)[O-])c(C)nn1C(C)C. The van der Waals surface area contributed by atoms with Crippen LogP contribution in [0, 0.1) is 28.4 Å². The Hall–Kier alpha value is -2.10. The van der Waals surface area contributed by atoms with Crippen LogP contribution in [0.5, 0.6) is 0 Å². The fourth-order valence-corrected chi connectivity index (χ4v) is 1.99. The number of nitrogens with zero attached hydrogens (tertiary/aromatic N) is 5. The van der Waals surface area contributed by atoms with Gasteiger partial charge >= 0.3 is 5.69 Å². The average molecular weight is 265 g/mol. The quantitative estimate of drug-likeness (QED) is 0.582. The van der Waals surface area contributed by atoms with E-state index in [1.54, 1.807) is 11.6 Å². The summed E-state index contributed by atoms with van der Waals surface area (Å²) in [6.45, 7) is 8.47. The van der Waals surface area contributed by atoms with E-state index in [9.17, 15) is 10.1 Å². The minimum absolute atomic E-state index is 0.0264. The number of nitriles is 1. The molecule has 0 saturated heterocycles. The molecule has 0 N–H and O–H groups in total. The van der Waals surface area contributed by atoms with Crippen molar-refractivity contribution in [2.45, 2.75) is 40.2 Å². The number of hydrogen-bond donors (Lipinski definition) is 0. The van der Waals surface area contributed by atoms with E-state index in [2.05, 4.69) is 11.2 Å². The molecule has 1 heterocycles. The fourth-order valence-electron chi connectivity index (χ4n) is 1.99. The molecule has 0 aliphatic heterocycles. The van der Waals surface area contributed by atoms with E-state index in [1.807, 2.05) is 25.7 Å². The number of hydrogen-bond acceptors (Lipinski definition) is 5. The molecular weight excluding hydrogens is 246 g/mol. The molecule has 0 aliphatic rings. The maximum Gasteiger partial charge on any atom is 0.333 e. The smallest absolute Gasteiger partial charge is 0.333 e. The van der Waals surface area contributed by atoms with Crippen LogP contribution in [0.1, 0.15) is 38.9 Å². The van der Waals surface area contributed by atoms with Crippen LogP contribution >= 0.6 is 0 Å². The van der Waals surface area contributed by atoms with Crippen LogP contribution in [-0.4, -0.2) is 27.8 Å². The van der Waals surface area contributed by atoms with Gasteiger partial charge in [-0.2, -0.15) is 10.4 Å². The Bertz CT molecular complexity index is 501. The van der Waals surface area contributed by atoms with Crippen LogP contribution in [0.15, 0.2) is 0 Å². The lowest BCUT2D eigenvalue weighted by molar-refractivity contribution is -0.384. The van der Waals surface area contributed by atoms with Crippen molar-refractivity contribution >= 4 is 11.5 Å². The normalized spacial score (nSPS) is 10.5. The zero-order chi connectivity index (χ0) is 14.6. The second-order valence-corrected chi connectivity index (χ2v) is 4.54. The summed E-state index contributed by atoms with van der Waals surface area (Å²) >= 11 is 0. The van der Waals surface area contributed by atoms with Crippen molar-refractivity contribution in [1.82, 2.24) is 9.78 Å². The summed E-state index contributed by atoms with van der Waals surface area (Å²) in [4.78, 5) is 12.7. The van der Waals surface area contributed by atoms with Crippen molar-refractivity contribution in [3.05, 3.63) is 15.8 Å². The molecule has 0 unspecified atom stereocenters. The van der Waals surface area contributed by atoms with Gasteiger partial charge in [-0.3, -0.25) is 10.1 Å². The number of aromatic nitrogens is 2. The molecule has 0 amide bonds. The Labute approximate surface area is 112 Å². The molecule has 1 aromatic rings. The average Bonchev–Trinajstić information content (AvgIpc) is 2.68. The van der Waals surface area contributed by atoms with Crippen LogP contribution < -0.4 is 4.90 Å². The van der Waals surface area contributed by atoms with E-state index in [-0.39, 0.29) is 11.7 Å². The number of rotatable bonds is 6. The molecule has 104 valence electrons. The summed E-state index contributed by atoms with van der Waals surface area (Å²) in [6, 6.07) is 2.09. The van der Waals surface area contributed by atoms with E-state index in [0.29, 0.717) is 31.0 Å². The molecule has 7 nitrogen and oxygen atoms in total. The third kappa shape index (κ3) is 3.02. The van der Waals surface area contributed by atoms with Crippen LogP contribution in [0.25, 0.3) is 0 Å². The lowest BCUT2D eigenvalue weighted by Crippen LogP contribution is -2.27. The van der Waals surface area contributed by atoms with E-state index in [1.165, 1.54) is 0 Å². The van der Waals surface area contributed by atoms with Gasteiger partial charge in [0.15, 0.2) is 0 Å². The van der Waals surface area contributed by atoms with Crippen LogP contribution in [-0.2, 0) is 0 Å². The zero-order valence-electron chi connectivity index (χ0n) is 11.8. The number of anilines is 1. The summed E-state index contributed by atoms with van der Waals surface area (Å²) < 4.78 is 1.66. The van der Waals surface area contributed by atoms with E-state index < -0.39 is 4.92 Å². The summed E-state index contributed by atoms with van der Waals surface area (Å²) in [5.41, 5.74) is 0.442. The van der Waals surface area contributed by atoms with Gasteiger partial charge in [0.1, 0.15) is 5.69 Å². The Kier molecular flexibility index (Phi) is 4.87. The lowest BCUT2D eigenvalue weighted by Gasteiger charge is -2.23. The van der Waals surface area contributed by atoms with Crippen molar-refractivity contribution < 1.29 is 4.92 Å². The predicted molar refractivity (Wildman–Crippen MR) is 72.1 cm³/mol. The van der Waals surface area contributed by atoms with Gasteiger partial charge in [-0.1, -0.05) is 0 Å². The van der Waals surface area contributed by atoms with Gasteiger partial charge in [-0.15, -0.1) is 0 Å². The van der Waals surface area contributed by atoms with Gasteiger partial charge in [0.05, 0.1) is 17.4 Å². The highest BCUT2D eigenvalue weighted by Gasteiger charge is 2.29. The van der Waals surface area contributed by atoms with Crippen molar-refractivity contribution in [3.63, 3.8) is 0 Å². The highest BCUT2D eigenvalue weighted by atomic mass is 16.6. The zero-order valence-corrected chi connectivity index (χ0v) is 11.8. The first kappa shape index (κ1) is 15.0. The molecule has 0 fully saturated rings. The number of aryl methyl sites for hydroxylation is 1. The van der Waals surface area contributed by atoms with Crippen LogP contribution in [0.4, 0.5) is 11.5 Å². The third-order valence-electron chi connectivity index (χ3n) is 2.88. The van der Waals surface area contributed by atoms with Gasteiger partial charge in [-0.25, -0.2) is 4.68 Å². The fraction of sp³-hybridized carbons (Fsp3) is 0.667. The van der Waals surface area contributed by atoms with Crippen LogP contribution in [0.2, 0.25) is 0 Å². The predicted octanol–water partition coefficient (Wildman–Crippen LogP) is 2.42. The largest absolute Gasteiger partial charge is 0.350 e.